The van der Waals surface area contributed by atoms with E-state index in [1.165, 1.54) is 10.1 Å². The molecule has 4 heterocycles. The zero-order valence-corrected chi connectivity index (χ0v) is 19.6. The maximum absolute atomic E-state index is 11.6. The molecule has 0 aliphatic heterocycles. The normalized spacial score (nSPS) is 12.5. The molecule has 6 aromatic rings. The Labute approximate surface area is 202 Å². The summed E-state index contributed by atoms with van der Waals surface area (Å²) in [6, 6.07) is 19.8. The largest absolute Gasteiger partial charge is 0.461 e. The summed E-state index contributed by atoms with van der Waals surface area (Å²) >= 11 is 0. The SMILES string of the molecule is CS(=O)c1ccc(-c2ccc(CCn3ncc4c3nc(N)n3nc(-c5ccco5)nc43)cc2)cc1. The number of nitrogens with zero attached hydrogens (tertiary/aromatic N) is 6. The van der Waals surface area contributed by atoms with E-state index in [4.69, 9.17) is 10.2 Å². The van der Waals surface area contributed by atoms with Crippen molar-refractivity contribution in [3.8, 4) is 22.7 Å². The molecule has 2 aromatic carbocycles. The van der Waals surface area contributed by atoms with Crippen LogP contribution in [0, 0.1) is 0 Å². The molecule has 2 N–H and O–H groups in total. The summed E-state index contributed by atoms with van der Waals surface area (Å²) < 4.78 is 20.4. The van der Waals surface area contributed by atoms with E-state index >= 15 is 0 Å². The van der Waals surface area contributed by atoms with Crippen molar-refractivity contribution in [1.82, 2.24) is 29.4 Å². The lowest BCUT2D eigenvalue weighted by Gasteiger charge is -2.07. The second-order valence-electron chi connectivity index (χ2n) is 8.15. The Balaban J connectivity index is 1.23. The molecule has 35 heavy (non-hydrogen) atoms. The van der Waals surface area contributed by atoms with Gasteiger partial charge in [-0.15, -0.1) is 5.10 Å². The predicted octanol–water partition coefficient (Wildman–Crippen LogP) is 3.96. The second-order valence-corrected chi connectivity index (χ2v) is 9.53. The maximum Gasteiger partial charge on any atom is 0.225 e. The van der Waals surface area contributed by atoms with Crippen LogP contribution in [0.25, 0.3) is 39.4 Å². The van der Waals surface area contributed by atoms with Gasteiger partial charge in [-0.3, -0.25) is 4.21 Å². The second kappa shape index (κ2) is 8.48. The number of hydrogen-bond acceptors (Lipinski definition) is 7. The van der Waals surface area contributed by atoms with Crippen molar-refractivity contribution in [3.05, 3.63) is 78.7 Å². The van der Waals surface area contributed by atoms with Gasteiger partial charge in [0.05, 0.1) is 17.8 Å². The molecule has 0 fully saturated rings. The fourth-order valence-electron chi connectivity index (χ4n) is 4.07. The average Bonchev–Trinajstić information content (AvgIpc) is 3.63. The Morgan fingerprint density at radius 2 is 1.71 bits per heavy atom. The molecule has 0 aliphatic rings. The summed E-state index contributed by atoms with van der Waals surface area (Å²) in [5, 5.41) is 9.73. The van der Waals surface area contributed by atoms with Crippen LogP contribution in [0.2, 0.25) is 0 Å². The van der Waals surface area contributed by atoms with Gasteiger partial charge in [0.25, 0.3) is 0 Å². The van der Waals surface area contributed by atoms with Crippen LogP contribution in [0.15, 0.2) is 82.4 Å². The number of hydrogen-bond donors (Lipinski definition) is 1. The summed E-state index contributed by atoms with van der Waals surface area (Å²) in [6.45, 7) is 0.641. The van der Waals surface area contributed by atoms with Gasteiger partial charge >= 0.3 is 0 Å². The number of nitrogen functional groups attached to an aromatic ring is 1. The third kappa shape index (κ3) is 3.87. The van der Waals surface area contributed by atoms with Gasteiger partial charge in [0.1, 0.15) is 0 Å². The average molecular weight is 484 g/mol. The van der Waals surface area contributed by atoms with E-state index in [0.29, 0.717) is 29.4 Å². The van der Waals surface area contributed by atoms with Crippen LogP contribution in [0.5, 0.6) is 0 Å². The number of aryl methyl sites for hydroxylation is 2. The molecule has 9 nitrogen and oxygen atoms in total. The lowest BCUT2D eigenvalue weighted by atomic mass is 10.0. The molecule has 0 saturated carbocycles. The van der Waals surface area contributed by atoms with Crippen molar-refractivity contribution < 1.29 is 8.63 Å². The molecular formula is C25H21N7O2S. The van der Waals surface area contributed by atoms with E-state index in [0.717, 1.165) is 27.8 Å². The molecule has 0 saturated heterocycles. The van der Waals surface area contributed by atoms with Crippen molar-refractivity contribution in [2.45, 2.75) is 17.9 Å². The number of aromatic nitrogens is 6. The minimum Gasteiger partial charge on any atom is -0.461 e. The quantitative estimate of drug-likeness (QED) is 0.381. The van der Waals surface area contributed by atoms with Crippen molar-refractivity contribution >= 4 is 33.4 Å². The third-order valence-corrected chi connectivity index (χ3v) is 6.86. The standard InChI is InChI=1S/C25H21N7O2S/c1-35(33)19-10-8-18(9-11-19)17-6-4-16(5-7-17)12-13-31-23-20(15-27-31)24-28-22(21-3-2-14-34-21)30-32(24)25(26)29-23/h2-11,14-15H,12-13H2,1H3,(H2,26,29). The fourth-order valence-corrected chi connectivity index (χ4v) is 4.59. The minimum atomic E-state index is -0.975. The maximum atomic E-state index is 11.6. The Bertz CT molecular complexity index is 1670. The van der Waals surface area contributed by atoms with Crippen molar-refractivity contribution in [3.63, 3.8) is 0 Å². The molecule has 0 radical (unpaired) electrons. The summed E-state index contributed by atoms with van der Waals surface area (Å²) in [4.78, 5) is 9.95. The molecule has 1 unspecified atom stereocenters. The van der Waals surface area contributed by atoms with Crippen molar-refractivity contribution in [2.75, 3.05) is 12.0 Å². The van der Waals surface area contributed by atoms with E-state index in [2.05, 4.69) is 44.4 Å². The van der Waals surface area contributed by atoms with E-state index in [1.54, 1.807) is 30.8 Å². The Morgan fingerprint density at radius 3 is 2.40 bits per heavy atom. The molecular weight excluding hydrogens is 462 g/mol. The molecule has 6 rings (SSSR count). The van der Waals surface area contributed by atoms with Crippen LogP contribution in [0.1, 0.15) is 5.56 Å². The Morgan fingerprint density at radius 1 is 0.971 bits per heavy atom. The van der Waals surface area contributed by atoms with Crippen LogP contribution < -0.4 is 5.73 Å². The molecule has 10 heteroatoms. The van der Waals surface area contributed by atoms with Gasteiger partial charge in [0.15, 0.2) is 17.1 Å². The smallest absolute Gasteiger partial charge is 0.225 e. The van der Waals surface area contributed by atoms with Gasteiger partial charge in [0.2, 0.25) is 11.8 Å². The van der Waals surface area contributed by atoms with E-state index < -0.39 is 10.8 Å². The summed E-state index contributed by atoms with van der Waals surface area (Å²) in [5.74, 6) is 1.25. The van der Waals surface area contributed by atoms with Crippen LogP contribution in [0.4, 0.5) is 5.95 Å². The zero-order chi connectivity index (χ0) is 23.9. The van der Waals surface area contributed by atoms with Gasteiger partial charge in [-0.1, -0.05) is 36.4 Å². The first-order chi connectivity index (χ1) is 17.1. The Kier molecular flexibility index (Phi) is 5.14. The zero-order valence-electron chi connectivity index (χ0n) is 18.8. The number of fused-ring (bicyclic) bond motifs is 3. The monoisotopic (exact) mass is 483 g/mol. The van der Waals surface area contributed by atoms with E-state index in [1.807, 2.05) is 28.9 Å². The first kappa shape index (κ1) is 21.2. The van der Waals surface area contributed by atoms with Gasteiger partial charge in [-0.25, -0.2) is 9.67 Å². The number of nitrogens with two attached hydrogens (primary N) is 1. The number of benzene rings is 2. The van der Waals surface area contributed by atoms with Crippen LogP contribution in [-0.4, -0.2) is 39.8 Å². The van der Waals surface area contributed by atoms with E-state index in [9.17, 15) is 4.21 Å². The lowest BCUT2D eigenvalue weighted by molar-refractivity contribution is 0.577. The summed E-state index contributed by atoms with van der Waals surface area (Å²) in [6.07, 6.45) is 5.78. The van der Waals surface area contributed by atoms with Crippen LogP contribution in [0.3, 0.4) is 0 Å². The van der Waals surface area contributed by atoms with E-state index in [-0.39, 0.29) is 5.95 Å². The highest BCUT2D eigenvalue weighted by Crippen LogP contribution is 2.24. The number of furan rings is 1. The summed E-state index contributed by atoms with van der Waals surface area (Å²) in [7, 11) is -0.975. The highest BCUT2D eigenvalue weighted by atomic mass is 32.2. The summed E-state index contributed by atoms with van der Waals surface area (Å²) in [5.41, 5.74) is 10.8. The van der Waals surface area contributed by atoms with Crippen LogP contribution >= 0.6 is 0 Å². The molecule has 0 bridgehead atoms. The molecule has 4 aromatic heterocycles. The number of anilines is 1. The molecule has 1 atom stereocenters. The van der Waals surface area contributed by atoms with Gasteiger partial charge in [0, 0.05) is 28.5 Å². The van der Waals surface area contributed by atoms with Crippen LogP contribution in [-0.2, 0) is 23.8 Å². The fraction of sp³-hybridized carbons (Fsp3) is 0.120. The highest BCUT2D eigenvalue weighted by Gasteiger charge is 2.17. The molecule has 174 valence electrons. The molecule has 0 spiro atoms. The van der Waals surface area contributed by atoms with Crippen molar-refractivity contribution in [2.24, 2.45) is 0 Å². The first-order valence-corrected chi connectivity index (χ1v) is 12.6. The van der Waals surface area contributed by atoms with Crippen molar-refractivity contribution in [1.29, 1.82) is 0 Å². The minimum absolute atomic E-state index is 0.238. The molecule has 0 amide bonds. The van der Waals surface area contributed by atoms with Gasteiger partial charge in [-0.05, 0) is 47.4 Å². The first-order valence-electron chi connectivity index (χ1n) is 11.0. The third-order valence-electron chi connectivity index (χ3n) is 5.92. The highest BCUT2D eigenvalue weighted by molar-refractivity contribution is 7.84. The lowest BCUT2D eigenvalue weighted by Crippen LogP contribution is -2.07. The van der Waals surface area contributed by atoms with Gasteiger partial charge < -0.3 is 10.2 Å². The topological polar surface area (TPSA) is 117 Å². The molecule has 0 aliphatic carbocycles. The van der Waals surface area contributed by atoms with Gasteiger partial charge in [-0.2, -0.15) is 14.6 Å². The Hall–Kier alpha value is -4.31. The number of rotatable bonds is 6. The predicted molar refractivity (Wildman–Crippen MR) is 134 cm³/mol.